The van der Waals surface area contributed by atoms with Crippen LogP contribution in [0.4, 0.5) is 4.39 Å². The maximum Gasteiger partial charge on any atom is 0.252 e. The van der Waals surface area contributed by atoms with Gasteiger partial charge in [0.2, 0.25) is 0 Å². The third-order valence-corrected chi connectivity index (χ3v) is 3.54. The molecule has 0 saturated carbocycles. The van der Waals surface area contributed by atoms with Crippen molar-refractivity contribution in [2.75, 3.05) is 0 Å². The Bertz CT molecular complexity index is 648. The zero-order chi connectivity index (χ0) is 14.9. The van der Waals surface area contributed by atoms with Crippen molar-refractivity contribution in [2.24, 2.45) is 5.73 Å². The zero-order valence-corrected chi connectivity index (χ0v) is 11.4. The molecule has 0 heterocycles. The summed E-state index contributed by atoms with van der Waals surface area (Å²) in [6.07, 6.45) is 0. The molecule has 0 saturated heterocycles. The summed E-state index contributed by atoms with van der Waals surface area (Å²) in [6.45, 7) is 3.78. The molecule has 0 unspecified atom stereocenters. The first-order chi connectivity index (χ1) is 9.34. The van der Waals surface area contributed by atoms with E-state index in [0.717, 1.165) is 5.56 Å². The number of rotatable bonds is 3. The SMILES string of the molecule is CC(C)(c1ccc(F)cc1)c1cccc(C(N)=O)c1O. The Morgan fingerprint density at radius 2 is 1.75 bits per heavy atom. The Hall–Kier alpha value is -2.36. The molecule has 0 aliphatic carbocycles. The number of nitrogens with two attached hydrogens (primary N) is 1. The summed E-state index contributed by atoms with van der Waals surface area (Å²) in [5.41, 5.74) is 6.14. The molecular formula is C16H16FNO2. The van der Waals surface area contributed by atoms with Crippen molar-refractivity contribution in [2.45, 2.75) is 19.3 Å². The molecule has 0 spiro atoms. The third-order valence-electron chi connectivity index (χ3n) is 3.54. The molecule has 0 radical (unpaired) electrons. The number of primary amides is 1. The van der Waals surface area contributed by atoms with Crippen molar-refractivity contribution in [3.05, 3.63) is 65.0 Å². The van der Waals surface area contributed by atoms with Crippen LogP contribution in [0, 0.1) is 5.82 Å². The molecule has 0 aliphatic heterocycles. The second-order valence-electron chi connectivity index (χ2n) is 5.20. The van der Waals surface area contributed by atoms with Gasteiger partial charge in [-0.25, -0.2) is 4.39 Å². The van der Waals surface area contributed by atoms with E-state index in [0.29, 0.717) is 5.56 Å². The zero-order valence-electron chi connectivity index (χ0n) is 11.4. The van der Waals surface area contributed by atoms with Crippen LogP contribution in [0.3, 0.4) is 0 Å². The number of hydrogen-bond acceptors (Lipinski definition) is 2. The topological polar surface area (TPSA) is 63.3 Å². The molecule has 2 aromatic carbocycles. The van der Waals surface area contributed by atoms with Gasteiger partial charge in [-0.15, -0.1) is 0 Å². The maximum atomic E-state index is 13.0. The fourth-order valence-corrected chi connectivity index (χ4v) is 2.27. The monoisotopic (exact) mass is 273 g/mol. The average Bonchev–Trinajstić information content (AvgIpc) is 2.38. The highest BCUT2D eigenvalue weighted by Gasteiger charge is 2.28. The van der Waals surface area contributed by atoms with Crippen LogP contribution >= 0.6 is 0 Å². The molecule has 2 aromatic rings. The van der Waals surface area contributed by atoms with Crippen molar-refractivity contribution in [3.8, 4) is 5.75 Å². The smallest absolute Gasteiger partial charge is 0.252 e. The summed E-state index contributed by atoms with van der Waals surface area (Å²) in [4.78, 5) is 11.3. The Balaban J connectivity index is 2.57. The van der Waals surface area contributed by atoms with Crippen molar-refractivity contribution in [3.63, 3.8) is 0 Å². The van der Waals surface area contributed by atoms with Gasteiger partial charge in [-0.3, -0.25) is 4.79 Å². The van der Waals surface area contributed by atoms with Crippen molar-refractivity contribution < 1.29 is 14.3 Å². The summed E-state index contributed by atoms with van der Waals surface area (Å²) >= 11 is 0. The molecule has 0 fully saturated rings. The van der Waals surface area contributed by atoms with E-state index < -0.39 is 11.3 Å². The van der Waals surface area contributed by atoms with E-state index >= 15 is 0 Å². The molecule has 1 amide bonds. The number of phenols is 1. The van der Waals surface area contributed by atoms with Crippen LogP contribution < -0.4 is 5.73 Å². The van der Waals surface area contributed by atoms with Gasteiger partial charge in [0.1, 0.15) is 11.6 Å². The summed E-state index contributed by atoms with van der Waals surface area (Å²) in [5, 5.41) is 10.2. The van der Waals surface area contributed by atoms with Gasteiger partial charge in [0.15, 0.2) is 0 Å². The predicted molar refractivity (Wildman–Crippen MR) is 75.2 cm³/mol. The molecule has 0 aliphatic rings. The van der Waals surface area contributed by atoms with Crippen LogP contribution in [-0.4, -0.2) is 11.0 Å². The van der Waals surface area contributed by atoms with E-state index in [4.69, 9.17) is 5.73 Å². The van der Waals surface area contributed by atoms with Crippen LogP contribution in [-0.2, 0) is 5.41 Å². The second-order valence-corrected chi connectivity index (χ2v) is 5.20. The second kappa shape index (κ2) is 4.96. The van der Waals surface area contributed by atoms with Gasteiger partial charge < -0.3 is 10.8 Å². The number of para-hydroxylation sites is 1. The van der Waals surface area contributed by atoms with Gasteiger partial charge in [-0.1, -0.05) is 38.1 Å². The molecule has 3 N–H and O–H groups in total. The van der Waals surface area contributed by atoms with Gasteiger partial charge in [-0.2, -0.15) is 0 Å². The molecule has 4 heteroatoms. The van der Waals surface area contributed by atoms with Crippen LogP contribution in [0.2, 0.25) is 0 Å². The van der Waals surface area contributed by atoms with E-state index in [9.17, 15) is 14.3 Å². The number of carbonyl (C=O) groups excluding carboxylic acids is 1. The number of benzene rings is 2. The average molecular weight is 273 g/mol. The lowest BCUT2D eigenvalue weighted by Crippen LogP contribution is -2.21. The summed E-state index contributed by atoms with van der Waals surface area (Å²) in [5.74, 6) is -1.13. The van der Waals surface area contributed by atoms with Crippen molar-refractivity contribution in [1.82, 2.24) is 0 Å². The van der Waals surface area contributed by atoms with Gasteiger partial charge in [0, 0.05) is 11.0 Å². The van der Waals surface area contributed by atoms with E-state index in [1.54, 1.807) is 24.3 Å². The lowest BCUT2D eigenvalue weighted by molar-refractivity contribution is 0.0997. The number of hydrogen-bond donors (Lipinski definition) is 2. The number of halogens is 1. The van der Waals surface area contributed by atoms with Crippen LogP contribution in [0.1, 0.15) is 35.3 Å². The van der Waals surface area contributed by atoms with Gasteiger partial charge in [0.25, 0.3) is 5.91 Å². The standard InChI is InChI=1S/C16H16FNO2/c1-16(2,10-6-8-11(17)9-7-10)13-5-3-4-12(14(13)19)15(18)20/h3-9,19H,1-2H3,(H2,18,20). The first kappa shape index (κ1) is 14.1. The molecule has 0 atom stereocenters. The lowest BCUT2D eigenvalue weighted by atomic mass is 9.77. The Morgan fingerprint density at radius 1 is 1.15 bits per heavy atom. The Labute approximate surface area is 116 Å². The molecule has 0 bridgehead atoms. The van der Waals surface area contributed by atoms with Gasteiger partial charge in [0.05, 0.1) is 5.56 Å². The van der Waals surface area contributed by atoms with Crippen LogP contribution in [0.15, 0.2) is 42.5 Å². The van der Waals surface area contributed by atoms with Crippen molar-refractivity contribution >= 4 is 5.91 Å². The molecule has 3 nitrogen and oxygen atoms in total. The maximum absolute atomic E-state index is 13.0. The number of carbonyl (C=O) groups is 1. The third kappa shape index (κ3) is 2.37. The lowest BCUT2D eigenvalue weighted by Gasteiger charge is -2.27. The minimum Gasteiger partial charge on any atom is -0.507 e. The molecule has 20 heavy (non-hydrogen) atoms. The van der Waals surface area contributed by atoms with Crippen molar-refractivity contribution in [1.29, 1.82) is 0 Å². The van der Waals surface area contributed by atoms with Crippen LogP contribution in [0.25, 0.3) is 0 Å². The quantitative estimate of drug-likeness (QED) is 0.903. The van der Waals surface area contributed by atoms with Crippen LogP contribution in [0.5, 0.6) is 5.75 Å². The first-order valence-electron chi connectivity index (χ1n) is 6.22. The minimum absolute atomic E-state index is 0.0812. The molecule has 2 rings (SSSR count). The highest BCUT2D eigenvalue weighted by molar-refractivity contribution is 5.96. The highest BCUT2D eigenvalue weighted by atomic mass is 19.1. The summed E-state index contributed by atoms with van der Waals surface area (Å²) < 4.78 is 13.0. The first-order valence-corrected chi connectivity index (χ1v) is 6.22. The Kier molecular flexibility index (Phi) is 3.49. The van der Waals surface area contributed by atoms with E-state index in [2.05, 4.69) is 0 Å². The van der Waals surface area contributed by atoms with E-state index in [1.807, 2.05) is 13.8 Å². The Morgan fingerprint density at radius 3 is 2.30 bits per heavy atom. The fourth-order valence-electron chi connectivity index (χ4n) is 2.27. The normalized spacial score (nSPS) is 11.3. The number of aromatic hydroxyl groups is 1. The largest absolute Gasteiger partial charge is 0.507 e. The highest BCUT2D eigenvalue weighted by Crippen LogP contribution is 2.38. The van der Waals surface area contributed by atoms with E-state index in [1.165, 1.54) is 18.2 Å². The summed E-state index contributed by atoms with van der Waals surface area (Å²) in [6, 6.07) is 10.9. The van der Waals surface area contributed by atoms with Gasteiger partial charge in [-0.05, 0) is 23.8 Å². The molecule has 0 aromatic heterocycles. The predicted octanol–water partition coefficient (Wildman–Crippen LogP) is 2.96. The minimum atomic E-state index is -0.681. The molecule has 104 valence electrons. The van der Waals surface area contributed by atoms with Gasteiger partial charge >= 0.3 is 0 Å². The fraction of sp³-hybridized carbons (Fsp3) is 0.188. The summed E-state index contributed by atoms with van der Waals surface area (Å²) in [7, 11) is 0. The van der Waals surface area contributed by atoms with E-state index in [-0.39, 0.29) is 17.1 Å². The molecular weight excluding hydrogens is 257 g/mol. The number of amides is 1.